The van der Waals surface area contributed by atoms with Crippen molar-refractivity contribution in [3.63, 3.8) is 0 Å². The average Bonchev–Trinajstić information content (AvgIpc) is 2.47. The summed E-state index contributed by atoms with van der Waals surface area (Å²) in [5.74, 6) is 0.826. The van der Waals surface area contributed by atoms with Gasteiger partial charge in [-0.2, -0.15) is 0 Å². The number of amides is 2. The molecule has 0 aliphatic carbocycles. The third-order valence-corrected chi connectivity index (χ3v) is 3.56. The molecule has 0 bridgehead atoms. The van der Waals surface area contributed by atoms with Crippen molar-refractivity contribution in [1.82, 2.24) is 10.6 Å². The Balaban J connectivity index is 2.18. The first-order valence-corrected chi connectivity index (χ1v) is 7.65. The topological polar surface area (TPSA) is 70.6 Å². The van der Waals surface area contributed by atoms with Crippen LogP contribution in [0.25, 0.3) is 0 Å². The molecule has 0 spiro atoms. The van der Waals surface area contributed by atoms with Crippen LogP contribution in [0, 0.1) is 5.41 Å². The van der Waals surface area contributed by atoms with E-state index in [1.807, 2.05) is 45.0 Å². The lowest BCUT2D eigenvalue weighted by Gasteiger charge is -2.25. The Hall–Kier alpha value is -1.75. The highest BCUT2D eigenvalue weighted by atomic mass is 16.5. The van der Waals surface area contributed by atoms with Gasteiger partial charge in [0, 0.05) is 13.1 Å². The first-order valence-electron chi connectivity index (χ1n) is 7.65. The van der Waals surface area contributed by atoms with Crippen molar-refractivity contribution in [1.29, 1.82) is 0 Å². The number of methoxy groups -OCH3 is 1. The molecule has 2 amide bonds. The second-order valence-corrected chi connectivity index (χ2v) is 6.45. The number of hydrogen-bond acceptors (Lipinski definition) is 3. The van der Waals surface area contributed by atoms with Gasteiger partial charge in [0.25, 0.3) is 0 Å². The minimum atomic E-state index is -0.424. The van der Waals surface area contributed by atoms with Crippen LogP contribution >= 0.6 is 0 Å². The van der Waals surface area contributed by atoms with Gasteiger partial charge in [-0.15, -0.1) is 0 Å². The SMILES string of the molecule is COc1ccc(CCNC(=O)NCCC(O)C(C)(C)C)cc1. The van der Waals surface area contributed by atoms with Crippen molar-refractivity contribution < 1.29 is 14.6 Å². The summed E-state index contributed by atoms with van der Waals surface area (Å²) in [6.45, 7) is 6.97. The molecule has 1 rings (SSSR count). The zero-order chi connectivity index (χ0) is 16.6. The molecular formula is C17H28N2O3. The summed E-state index contributed by atoms with van der Waals surface area (Å²) < 4.78 is 5.10. The van der Waals surface area contributed by atoms with E-state index in [-0.39, 0.29) is 11.4 Å². The third-order valence-electron chi connectivity index (χ3n) is 3.56. The largest absolute Gasteiger partial charge is 0.497 e. The molecule has 0 radical (unpaired) electrons. The molecule has 5 nitrogen and oxygen atoms in total. The molecule has 0 aliphatic heterocycles. The lowest BCUT2D eigenvalue weighted by Crippen LogP contribution is -2.39. The van der Waals surface area contributed by atoms with Crippen molar-refractivity contribution in [2.24, 2.45) is 5.41 Å². The second kappa shape index (κ2) is 8.63. The molecule has 0 aromatic heterocycles. The number of nitrogens with one attached hydrogen (secondary N) is 2. The molecule has 1 aromatic carbocycles. The highest BCUT2D eigenvalue weighted by molar-refractivity contribution is 5.73. The van der Waals surface area contributed by atoms with Gasteiger partial charge in [0.15, 0.2) is 0 Å². The van der Waals surface area contributed by atoms with Crippen LogP contribution in [0.2, 0.25) is 0 Å². The number of urea groups is 1. The van der Waals surface area contributed by atoms with Crippen LogP contribution in [-0.4, -0.2) is 37.4 Å². The minimum absolute atomic E-state index is 0.160. The normalized spacial score (nSPS) is 12.6. The number of rotatable bonds is 7. The number of ether oxygens (including phenoxy) is 1. The lowest BCUT2D eigenvalue weighted by molar-refractivity contribution is 0.0564. The molecule has 0 saturated carbocycles. The summed E-state index contributed by atoms with van der Waals surface area (Å²) in [6.07, 6.45) is 0.893. The number of hydrogen-bond donors (Lipinski definition) is 3. The van der Waals surface area contributed by atoms with Crippen LogP contribution in [0.4, 0.5) is 4.79 Å². The quantitative estimate of drug-likeness (QED) is 0.724. The molecule has 3 N–H and O–H groups in total. The van der Waals surface area contributed by atoms with Gasteiger partial charge in [0.2, 0.25) is 0 Å². The van der Waals surface area contributed by atoms with E-state index >= 15 is 0 Å². The Morgan fingerprint density at radius 2 is 1.77 bits per heavy atom. The number of carbonyl (C=O) groups is 1. The fraction of sp³-hybridized carbons (Fsp3) is 0.588. The van der Waals surface area contributed by atoms with E-state index in [1.165, 1.54) is 0 Å². The first kappa shape index (κ1) is 18.3. The molecule has 0 aliphatic rings. The van der Waals surface area contributed by atoms with Gasteiger partial charge < -0.3 is 20.5 Å². The highest BCUT2D eigenvalue weighted by Gasteiger charge is 2.21. The lowest BCUT2D eigenvalue weighted by atomic mass is 9.87. The summed E-state index contributed by atoms with van der Waals surface area (Å²) in [7, 11) is 1.64. The molecule has 1 aromatic rings. The summed E-state index contributed by atoms with van der Waals surface area (Å²) in [6, 6.07) is 7.58. The Labute approximate surface area is 133 Å². The van der Waals surface area contributed by atoms with E-state index < -0.39 is 6.10 Å². The van der Waals surface area contributed by atoms with Crippen molar-refractivity contribution in [3.8, 4) is 5.75 Å². The monoisotopic (exact) mass is 308 g/mol. The minimum Gasteiger partial charge on any atom is -0.497 e. The van der Waals surface area contributed by atoms with Crippen molar-refractivity contribution in [3.05, 3.63) is 29.8 Å². The van der Waals surface area contributed by atoms with Gasteiger partial charge in [0.1, 0.15) is 5.75 Å². The van der Waals surface area contributed by atoms with Crippen LogP contribution in [0.1, 0.15) is 32.8 Å². The summed E-state index contributed by atoms with van der Waals surface area (Å²) in [4.78, 5) is 11.6. The Bertz CT molecular complexity index is 452. The smallest absolute Gasteiger partial charge is 0.314 e. The Morgan fingerprint density at radius 3 is 2.32 bits per heavy atom. The van der Waals surface area contributed by atoms with Crippen molar-refractivity contribution in [2.45, 2.75) is 39.7 Å². The van der Waals surface area contributed by atoms with Crippen LogP contribution in [0.5, 0.6) is 5.75 Å². The maximum absolute atomic E-state index is 11.6. The van der Waals surface area contributed by atoms with Gasteiger partial charge in [-0.3, -0.25) is 0 Å². The van der Waals surface area contributed by atoms with Crippen LogP contribution in [0.3, 0.4) is 0 Å². The van der Waals surface area contributed by atoms with Crippen molar-refractivity contribution >= 4 is 6.03 Å². The van der Waals surface area contributed by atoms with Gasteiger partial charge in [0.05, 0.1) is 13.2 Å². The van der Waals surface area contributed by atoms with Gasteiger partial charge in [-0.1, -0.05) is 32.9 Å². The van der Waals surface area contributed by atoms with E-state index in [0.717, 1.165) is 17.7 Å². The van der Waals surface area contributed by atoms with Crippen LogP contribution < -0.4 is 15.4 Å². The van der Waals surface area contributed by atoms with E-state index in [4.69, 9.17) is 4.74 Å². The third kappa shape index (κ3) is 6.80. The number of aliphatic hydroxyl groups is 1. The van der Waals surface area contributed by atoms with E-state index in [1.54, 1.807) is 7.11 Å². The zero-order valence-corrected chi connectivity index (χ0v) is 14.0. The maximum atomic E-state index is 11.6. The Kier molecular flexibility index (Phi) is 7.18. The molecule has 0 saturated heterocycles. The second-order valence-electron chi connectivity index (χ2n) is 6.45. The summed E-state index contributed by atoms with van der Waals surface area (Å²) in [5, 5.41) is 15.5. The molecule has 5 heteroatoms. The molecule has 1 atom stereocenters. The predicted molar refractivity (Wildman–Crippen MR) is 88.2 cm³/mol. The molecule has 0 fully saturated rings. The van der Waals surface area contributed by atoms with Crippen molar-refractivity contribution in [2.75, 3.05) is 20.2 Å². The first-order chi connectivity index (χ1) is 10.3. The summed E-state index contributed by atoms with van der Waals surface area (Å²) >= 11 is 0. The molecular weight excluding hydrogens is 280 g/mol. The fourth-order valence-electron chi connectivity index (χ4n) is 1.93. The summed E-state index contributed by atoms with van der Waals surface area (Å²) in [5.41, 5.74) is 0.983. The molecule has 1 unspecified atom stereocenters. The molecule has 22 heavy (non-hydrogen) atoms. The van der Waals surface area contributed by atoms with Gasteiger partial charge in [-0.25, -0.2) is 4.79 Å². The number of carbonyl (C=O) groups excluding carboxylic acids is 1. The predicted octanol–water partition coefficient (Wildman–Crippen LogP) is 2.33. The zero-order valence-electron chi connectivity index (χ0n) is 14.0. The van der Waals surface area contributed by atoms with Crippen LogP contribution in [-0.2, 0) is 6.42 Å². The molecule has 124 valence electrons. The number of aliphatic hydroxyl groups excluding tert-OH is 1. The fourth-order valence-corrected chi connectivity index (χ4v) is 1.93. The van der Waals surface area contributed by atoms with E-state index in [9.17, 15) is 9.90 Å². The molecule has 0 heterocycles. The van der Waals surface area contributed by atoms with E-state index in [2.05, 4.69) is 10.6 Å². The standard InChI is InChI=1S/C17H28N2O3/c1-17(2,3)15(20)10-12-19-16(21)18-11-9-13-5-7-14(22-4)8-6-13/h5-8,15,20H,9-12H2,1-4H3,(H2,18,19,21). The van der Waals surface area contributed by atoms with Gasteiger partial charge in [-0.05, 0) is 36.0 Å². The highest BCUT2D eigenvalue weighted by Crippen LogP contribution is 2.20. The maximum Gasteiger partial charge on any atom is 0.314 e. The van der Waals surface area contributed by atoms with Gasteiger partial charge >= 0.3 is 6.03 Å². The average molecular weight is 308 g/mol. The Morgan fingerprint density at radius 1 is 1.18 bits per heavy atom. The number of benzene rings is 1. The van der Waals surface area contributed by atoms with E-state index in [0.29, 0.717) is 19.5 Å². The van der Waals surface area contributed by atoms with Crippen LogP contribution in [0.15, 0.2) is 24.3 Å².